The molecule has 2 aromatic rings. The molecule has 5 heteroatoms. The number of rotatable bonds is 8. The fourth-order valence-corrected chi connectivity index (χ4v) is 3.65. The van der Waals surface area contributed by atoms with Crippen molar-refractivity contribution in [2.45, 2.75) is 52.4 Å². The summed E-state index contributed by atoms with van der Waals surface area (Å²) in [5.41, 5.74) is 3.21. The van der Waals surface area contributed by atoms with Gasteiger partial charge in [0.2, 0.25) is 5.91 Å². The Balaban J connectivity index is 1.47. The summed E-state index contributed by atoms with van der Waals surface area (Å²) < 4.78 is 0. The SMILES string of the molecule is CCCCCCNC(=O)C1CCN(c2ccc(-c3ccc(C)cc3)nn2)CC1. The standard InChI is InChI=1S/C23H32N4O/c1-3-4-5-6-15-24-23(28)20-13-16-27(17-14-20)22-12-11-21(25-26-22)19-9-7-18(2)8-10-19/h7-12,20H,3-6,13-17H2,1-2H3,(H,24,28). The molecule has 0 atom stereocenters. The molecule has 2 heterocycles. The molecule has 150 valence electrons. The van der Waals surface area contributed by atoms with Gasteiger partial charge < -0.3 is 10.2 Å². The highest BCUT2D eigenvalue weighted by Crippen LogP contribution is 2.23. The third kappa shape index (κ3) is 5.54. The number of hydrogen-bond donors (Lipinski definition) is 1. The summed E-state index contributed by atoms with van der Waals surface area (Å²) in [5.74, 6) is 1.24. The zero-order chi connectivity index (χ0) is 19.8. The Morgan fingerprint density at radius 1 is 1.04 bits per heavy atom. The van der Waals surface area contributed by atoms with Crippen molar-refractivity contribution in [1.29, 1.82) is 0 Å². The number of piperidine rings is 1. The largest absolute Gasteiger partial charge is 0.356 e. The fraction of sp³-hybridized carbons (Fsp3) is 0.522. The van der Waals surface area contributed by atoms with Gasteiger partial charge in [-0.05, 0) is 38.3 Å². The maximum atomic E-state index is 12.3. The zero-order valence-corrected chi connectivity index (χ0v) is 17.2. The smallest absolute Gasteiger partial charge is 0.223 e. The average molecular weight is 381 g/mol. The van der Waals surface area contributed by atoms with Crippen LogP contribution in [0.2, 0.25) is 0 Å². The van der Waals surface area contributed by atoms with Crippen molar-refractivity contribution in [2.75, 3.05) is 24.5 Å². The average Bonchev–Trinajstić information content (AvgIpc) is 2.74. The first-order valence-corrected chi connectivity index (χ1v) is 10.6. The Morgan fingerprint density at radius 2 is 1.79 bits per heavy atom. The summed E-state index contributed by atoms with van der Waals surface area (Å²) in [7, 11) is 0. The van der Waals surface area contributed by atoms with Gasteiger partial charge in [-0.2, -0.15) is 0 Å². The molecule has 0 saturated carbocycles. The highest BCUT2D eigenvalue weighted by atomic mass is 16.1. The lowest BCUT2D eigenvalue weighted by Gasteiger charge is -2.31. The minimum Gasteiger partial charge on any atom is -0.356 e. The topological polar surface area (TPSA) is 58.1 Å². The van der Waals surface area contributed by atoms with E-state index in [1.54, 1.807) is 0 Å². The van der Waals surface area contributed by atoms with Gasteiger partial charge in [-0.25, -0.2) is 0 Å². The van der Waals surface area contributed by atoms with E-state index in [1.165, 1.54) is 24.8 Å². The van der Waals surface area contributed by atoms with E-state index >= 15 is 0 Å². The van der Waals surface area contributed by atoms with Gasteiger partial charge in [0.05, 0.1) is 5.69 Å². The van der Waals surface area contributed by atoms with Gasteiger partial charge in [0.15, 0.2) is 5.82 Å². The number of carbonyl (C=O) groups is 1. The van der Waals surface area contributed by atoms with Crippen molar-refractivity contribution in [1.82, 2.24) is 15.5 Å². The molecule has 1 aliphatic heterocycles. The molecule has 1 aromatic heterocycles. The minimum atomic E-state index is 0.127. The van der Waals surface area contributed by atoms with Crippen LogP contribution in [0, 0.1) is 12.8 Å². The summed E-state index contributed by atoms with van der Waals surface area (Å²) >= 11 is 0. The van der Waals surface area contributed by atoms with Gasteiger partial charge in [0.25, 0.3) is 0 Å². The predicted octanol–water partition coefficient (Wildman–Crippen LogP) is 4.36. The molecule has 1 aliphatic rings. The van der Waals surface area contributed by atoms with Gasteiger partial charge in [-0.3, -0.25) is 4.79 Å². The van der Waals surface area contributed by atoms with Gasteiger partial charge in [0, 0.05) is 31.1 Å². The number of aromatic nitrogens is 2. The van der Waals surface area contributed by atoms with Crippen LogP contribution in [0.1, 0.15) is 51.0 Å². The summed E-state index contributed by atoms with van der Waals surface area (Å²) in [5, 5.41) is 11.9. The van der Waals surface area contributed by atoms with E-state index in [-0.39, 0.29) is 11.8 Å². The third-order valence-electron chi connectivity index (χ3n) is 5.52. The van der Waals surface area contributed by atoms with E-state index < -0.39 is 0 Å². The maximum absolute atomic E-state index is 12.3. The number of benzene rings is 1. The van der Waals surface area contributed by atoms with Crippen LogP contribution < -0.4 is 10.2 Å². The molecule has 0 bridgehead atoms. The van der Waals surface area contributed by atoms with E-state index in [9.17, 15) is 4.79 Å². The number of anilines is 1. The molecule has 28 heavy (non-hydrogen) atoms. The van der Waals surface area contributed by atoms with Crippen LogP contribution >= 0.6 is 0 Å². The van der Waals surface area contributed by atoms with Crippen molar-refractivity contribution < 1.29 is 4.79 Å². The van der Waals surface area contributed by atoms with Crippen molar-refractivity contribution in [3.63, 3.8) is 0 Å². The Hall–Kier alpha value is -2.43. The second-order valence-electron chi connectivity index (χ2n) is 7.76. The van der Waals surface area contributed by atoms with Crippen LogP contribution in [0.25, 0.3) is 11.3 Å². The van der Waals surface area contributed by atoms with Crippen LogP contribution in [0.3, 0.4) is 0 Å². The number of carbonyl (C=O) groups excluding carboxylic acids is 1. The molecule has 0 unspecified atom stereocenters. The summed E-state index contributed by atoms with van der Waals surface area (Å²) in [6, 6.07) is 12.4. The highest BCUT2D eigenvalue weighted by Gasteiger charge is 2.25. The van der Waals surface area contributed by atoms with Gasteiger partial charge in [-0.1, -0.05) is 56.0 Å². The number of unbranched alkanes of at least 4 members (excludes halogenated alkanes) is 3. The van der Waals surface area contributed by atoms with Crippen LogP contribution in [0.5, 0.6) is 0 Å². The summed E-state index contributed by atoms with van der Waals surface area (Å²) in [6.45, 7) is 6.80. The van der Waals surface area contributed by atoms with Crippen LogP contribution in [-0.2, 0) is 4.79 Å². The molecule has 0 spiro atoms. The molecule has 0 aliphatic carbocycles. The Bertz CT molecular complexity index is 734. The normalized spacial score (nSPS) is 14.9. The lowest BCUT2D eigenvalue weighted by Crippen LogP contribution is -2.41. The first-order valence-electron chi connectivity index (χ1n) is 10.6. The van der Waals surface area contributed by atoms with Crippen LogP contribution in [0.4, 0.5) is 5.82 Å². The van der Waals surface area contributed by atoms with Crippen molar-refractivity contribution >= 4 is 11.7 Å². The lowest BCUT2D eigenvalue weighted by atomic mass is 9.96. The van der Waals surface area contributed by atoms with E-state index in [4.69, 9.17) is 0 Å². The molecule has 5 nitrogen and oxygen atoms in total. The first kappa shape index (κ1) is 20.3. The molecule has 1 amide bonds. The van der Waals surface area contributed by atoms with E-state index in [0.29, 0.717) is 0 Å². The third-order valence-corrected chi connectivity index (χ3v) is 5.52. The number of nitrogens with one attached hydrogen (secondary N) is 1. The number of hydrogen-bond acceptors (Lipinski definition) is 4. The van der Waals surface area contributed by atoms with Crippen LogP contribution in [-0.4, -0.2) is 35.7 Å². The molecule has 1 aromatic carbocycles. The number of amides is 1. The van der Waals surface area contributed by atoms with E-state index in [0.717, 1.165) is 56.0 Å². The fourth-order valence-electron chi connectivity index (χ4n) is 3.65. The first-order chi connectivity index (χ1) is 13.7. The maximum Gasteiger partial charge on any atom is 0.223 e. The van der Waals surface area contributed by atoms with E-state index in [2.05, 4.69) is 58.5 Å². The molecule has 1 fully saturated rings. The summed E-state index contributed by atoms with van der Waals surface area (Å²) in [6.07, 6.45) is 6.51. The molecule has 0 radical (unpaired) electrons. The van der Waals surface area contributed by atoms with Gasteiger partial charge in [0.1, 0.15) is 0 Å². The Labute approximate surface area is 168 Å². The molecule has 3 rings (SSSR count). The van der Waals surface area contributed by atoms with Crippen molar-refractivity contribution in [3.05, 3.63) is 42.0 Å². The Morgan fingerprint density at radius 3 is 2.43 bits per heavy atom. The minimum absolute atomic E-state index is 0.127. The zero-order valence-electron chi connectivity index (χ0n) is 17.2. The quantitative estimate of drug-likeness (QED) is 0.691. The van der Waals surface area contributed by atoms with Crippen molar-refractivity contribution in [3.8, 4) is 11.3 Å². The monoisotopic (exact) mass is 380 g/mol. The predicted molar refractivity (Wildman–Crippen MR) is 114 cm³/mol. The second kappa shape index (κ2) is 10.2. The van der Waals surface area contributed by atoms with Gasteiger partial charge in [-0.15, -0.1) is 10.2 Å². The highest BCUT2D eigenvalue weighted by molar-refractivity contribution is 5.78. The van der Waals surface area contributed by atoms with E-state index in [1.807, 2.05) is 12.1 Å². The second-order valence-corrected chi connectivity index (χ2v) is 7.76. The van der Waals surface area contributed by atoms with Crippen molar-refractivity contribution in [2.24, 2.45) is 5.92 Å². The number of aryl methyl sites for hydroxylation is 1. The summed E-state index contributed by atoms with van der Waals surface area (Å²) in [4.78, 5) is 14.6. The number of nitrogens with zero attached hydrogens (tertiary/aromatic N) is 3. The molecular weight excluding hydrogens is 348 g/mol. The lowest BCUT2D eigenvalue weighted by molar-refractivity contribution is -0.125. The molecule has 1 saturated heterocycles. The molecular formula is C23H32N4O. The van der Waals surface area contributed by atoms with Crippen LogP contribution in [0.15, 0.2) is 36.4 Å². The van der Waals surface area contributed by atoms with Gasteiger partial charge >= 0.3 is 0 Å². The molecule has 1 N–H and O–H groups in total. The Kier molecular flexibility index (Phi) is 7.40.